The van der Waals surface area contributed by atoms with Gasteiger partial charge in [0.2, 0.25) is 15.9 Å². The molecule has 1 amide bonds. The second kappa shape index (κ2) is 4.99. The van der Waals surface area contributed by atoms with Crippen LogP contribution in [0.2, 0.25) is 0 Å². The van der Waals surface area contributed by atoms with Crippen molar-refractivity contribution < 1.29 is 13.2 Å². The predicted octanol–water partition coefficient (Wildman–Crippen LogP) is 0.253. The van der Waals surface area contributed by atoms with Crippen molar-refractivity contribution in [2.45, 2.75) is 24.5 Å². The first kappa shape index (κ1) is 14.1. The van der Waals surface area contributed by atoms with Crippen LogP contribution in [0, 0.1) is 11.8 Å². The van der Waals surface area contributed by atoms with E-state index in [9.17, 15) is 13.2 Å². The summed E-state index contributed by atoms with van der Waals surface area (Å²) in [4.78, 5) is 22.3. The smallest absolute Gasteiger partial charge is 0.231 e. The van der Waals surface area contributed by atoms with Gasteiger partial charge in [0.15, 0.2) is 0 Å². The lowest BCUT2D eigenvalue weighted by Gasteiger charge is -2.33. The van der Waals surface area contributed by atoms with E-state index in [0.717, 1.165) is 19.3 Å². The number of amides is 1. The van der Waals surface area contributed by atoms with Crippen molar-refractivity contribution in [3.8, 4) is 0 Å². The summed E-state index contributed by atoms with van der Waals surface area (Å²) in [7, 11) is -3.19. The zero-order valence-electron chi connectivity index (χ0n) is 12.1. The van der Waals surface area contributed by atoms with Gasteiger partial charge in [-0.1, -0.05) is 0 Å². The van der Waals surface area contributed by atoms with Crippen LogP contribution in [0.4, 0.5) is 5.69 Å². The third-order valence-electron chi connectivity index (χ3n) is 4.88. The SMILES string of the molecule is O=C1C2CN(S(=O)(=O)C3CC3)CC2CCN1c1cncnc1. The topological polar surface area (TPSA) is 83.5 Å². The highest BCUT2D eigenvalue weighted by atomic mass is 32.2. The molecule has 22 heavy (non-hydrogen) atoms. The van der Waals surface area contributed by atoms with Gasteiger partial charge in [0.1, 0.15) is 6.33 Å². The van der Waals surface area contributed by atoms with E-state index in [-0.39, 0.29) is 23.0 Å². The van der Waals surface area contributed by atoms with Gasteiger partial charge in [0.05, 0.1) is 29.2 Å². The van der Waals surface area contributed by atoms with Gasteiger partial charge < -0.3 is 4.90 Å². The molecule has 0 radical (unpaired) electrons. The Morgan fingerprint density at radius 3 is 2.50 bits per heavy atom. The summed E-state index contributed by atoms with van der Waals surface area (Å²) in [5.74, 6) is -0.0936. The molecule has 2 saturated heterocycles. The average Bonchev–Trinajstić information content (AvgIpc) is 3.28. The van der Waals surface area contributed by atoms with Crippen LogP contribution in [-0.2, 0) is 14.8 Å². The lowest BCUT2D eigenvalue weighted by Crippen LogP contribution is -2.45. The van der Waals surface area contributed by atoms with Gasteiger partial charge in [-0.2, -0.15) is 0 Å². The van der Waals surface area contributed by atoms with Gasteiger partial charge in [-0.05, 0) is 25.2 Å². The first-order valence-corrected chi connectivity index (χ1v) is 9.13. The number of anilines is 1. The average molecular weight is 322 g/mol. The summed E-state index contributed by atoms with van der Waals surface area (Å²) >= 11 is 0. The fraction of sp³-hybridized carbons (Fsp3) is 0.643. The van der Waals surface area contributed by atoms with Crippen molar-refractivity contribution >= 4 is 21.6 Å². The first-order chi connectivity index (χ1) is 10.6. The van der Waals surface area contributed by atoms with Crippen molar-refractivity contribution in [1.29, 1.82) is 0 Å². The normalized spacial score (nSPS) is 29.6. The van der Waals surface area contributed by atoms with E-state index >= 15 is 0 Å². The lowest BCUT2D eigenvalue weighted by atomic mass is 9.88. The molecule has 2 atom stereocenters. The molecular formula is C14H18N4O3S. The number of nitrogens with zero attached hydrogens (tertiary/aromatic N) is 4. The Hall–Kier alpha value is -1.54. The molecule has 1 aromatic rings. The molecule has 8 heteroatoms. The molecular weight excluding hydrogens is 304 g/mol. The molecule has 0 aromatic carbocycles. The molecule has 118 valence electrons. The third-order valence-corrected chi connectivity index (χ3v) is 7.21. The number of carbonyl (C=O) groups is 1. The molecule has 2 aliphatic heterocycles. The second-order valence-electron chi connectivity index (χ2n) is 6.30. The zero-order chi connectivity index (χ0) is 15.3. The molecule has 7 nitrogen and oxygen atoms in total. The number of rotatable bonds is 3. The van der Waals surface area contributed by atoms with E-state index in [0.29, 0.717) is 25.3 Å². The lowest BCUT2D eigenvalue weighted by molar-refractivity contribution is -0.124. The molecule has 0 spiro atoms. The number of aromatic nitrogens is 2. The van der Waals surface area contributed by atoms with Gasteiger partial charge >= 0.3 is 0 Å². The highest BCUT2D eigenvalue weighted by molar-refractivity contribution is 7.90. The Kier molecular flexibility index (Phi) is 3.19. The summed E-state index contributed by atoms with van der Waals surface area (Å²) in [5.41, 5.74) is 0.689. The van der Waals surface area contributed by atoms with Gasteiger partial charge in [-0.25, -0.2) is 22.7 Å². The van der Waals surface area contributed by atoms with Gasteiger partial charge in [-0.15, -0.1) is 0 Å². The molecule has 0 bridgehead atoms. The Bertz CT molecular complexity index is 689. The van der Waals surface area contributed by atoms with Crippen LogP contribution in [0.1, 0.15) is 19.3 Å². The Labute approximate surface area is 129 Å². The van der Waals surface area contributed by atoms with Gasteiger partial charge in [0.25, 0.3) is 0 Å². The minimum absolute atomic E-state index is 0.000420. The number of hydrogen-bond acceptors (Lipinski definition) is 5. The maximum absolute atomic E-state index is 12.7. The predicted molar refractivity (Wildman–Crippen MR) is 79.5 cm³/mol. The van der Waals surface area contributed by atoms with Crippen LogP contribution < -0.4 is 4.90 Å². The second-order valence-corrected chi connectivity index (χ2v) is 8.52. The fourth-order valence-electron chi connectivity index (χ4n) is 3.48. The molecule has 2 unspecified atom stereocenters. The summed E-state index contributed by atoms with van der Waals surface area (Å²) in [5, 5.41) is -0.207. The van der Waals surface area contributed by atoms with Crippen LogP contribution in [0.3, 0.4) is 0 Å². The van der Waals surface area contributed by atoms with Crippen LogP contribution >= 0.6 is 0 Å². The van der Waals surface area contributed by atoms with E-state index in [1.54, 1.807) is 21.6 Å². The minimum atomic E-state index is -3.19. The van der Waals surface area contributed by atoms with Crippen molar-refractivity contribution in [1.82, 2.24) is 14.3 Å². The van der Waals surface area contributed by atoms with Crippen LogP contribution in [0.25, 0.3) is 0 Å². The molecule has 3 heterocycles. The molecule has 1 saturated carbocycles. The molecule has 3 aliphatic rings. The molecule has 3 fully saturated rings. The van der Waals surface area contributed by atoms with Crippen LogP contribution in [-0.4, -0.2) is 53.5 Å². The standard InChI is InChI=1S/C14H18N4O3S/c19-14-13-8-17(22(20,21)12-1-2-12)7-10(13)3-4-18(14)11-5-15-9-16-6-11/h5-6,9-10,12-13H,1-4,7-8H2. The van der Waals surface area contributed by atoms with Crippen molar-refractivity contribution in [2.24, 2.45) is 11.8 Å². The zero-order valence-corrected chi connectivity index (χ0v) is 12.9. The first-order valence-electron chi connectivity index (χ1n) is 7.63. The molecule has 4 rings (SSSR count). The number of sulfonamides is 1. The fourth-order valence-corrected chi connectivity index (χ4v) is 5.40. The monoisotopic (exact) mass is 322 g/mol. The van der Waals surface area contributed by atoms with Crippen LogP contribution in [0.15, 0.2) is 18.7 Å². The summed E-state index contributed by atoms with van der Waals surface area (Å²) < 4.78 is 26.3. The van der Waals surface area contributed by atoms with E-state index in [1.807, 2.05) is 0 Å². The van der Waals surface area contributed by atoms with E-state index < -0.39 is 10.0 Å². The number of carbonyl (C=O) groups excluding carboxylic acids is 1. The van der Waals surface area contributed by atoms with Crippen LogP contribution in [0.5, 0.6) is 0 Å². The van der Waals surface area contributed by atoms with Gasteiger partial charge in [0, 0.05) is 19.6 Å². The quantitative estimate of drug-likeness (QED) is 0.797. The van der Waals surface area contributed by atoms with E-state index in [2.05, 4.69) is 9.97 Å². The molecule has 1 aromatic heterocycles. The van der Waals surface area contributed by atoms with E-state index in [1.165, 1.54) is 6.33 Å². The van der Waals surface area contributed by atoms with Crippen molar-refractivity contribution in [3.63, 3.8) is 0 Å². The summed E-state index contributed by atoms with van der Waals surface area (Å²) in [6, 6.07) is 0. The Balaban J connectivity index is 1.54. The van der Waals surface area contributed by atoms with Crippen molar-refractivity contribution in [3.05, 3.63) is 18.7 Å². The third kappa shape index (κ3) is 2.21. The number of piperidine rings is 1. The summed E-state index contributed by atoms with van der Waals surface area (Å²) in [6.07, 6.45) is 7.02. The largest absolute Gasteiger partial charge is 0.309 e. The maximum Gasteiger partial charge on any atom is 0.231 e. The van der Waals surface area contributed by atoms with E-state index in [4.69, 9.17) is 0 Å². The van der Waals surface area contributed by atoms with Crippen molar-refractivity contribution in [2.75, 3.05) is 24.5 Å². The molecule has 1 aliphatic carbocycles. The maximum atomic E-state index is 12.7. The Morgan fingerprint density at radius 1 is 1.09 bits per heavy atom. The number of fused-ring (bicyclic) bond motifs is 1. The van der Waals surface area contributed by atoms with Gasteiger partial charge in [-0.3, -0.25) is 4.79 Å². The highest BCUT2D eigenvalue weighted by Crippen LogP contribution is 2.39. The highest BCUT2D eigenvalue weighted by Gasteiger charge is 2.50. The number of hydrogen-bond donors (Lipinski definition) is 0. The summed E-state index contributed by atoms with van der Waals surface area (Å²) in [6.45, 7) is 1.42. The Morgan fingerprint density at radius 2 is 1.82 bits per heavy atom. The molecule has 0 N–H and O–H groups in total. The minimum Gasteiger partial charge on any atom is -0.309 e.